The summed E-state index contributed by atoms with van der Waals surface area (Å²) in [6.45, 7) is 0.233. The summed E-state index contributed by atoms with van der Waals surface area (Å²) in [5, 5.41) is 33.1. The molecular weight excluding hydrogens is 451 g/mol. The van der Waals surface area contributed by atoms with Crippen LogP contribution in [0.25, 0.3) is 0 Å². The molecule has 0 bridgehead atoms. The molecule has 1 amide bonds. The van der Waals surface area contributed by atoms with E-state index in [9.17, 15) is 28.2 Å². The summed E-state index contributed by atoms with van der Waals surface area (Å²) in [5.41, 5.74) is 2.32. The van der Waals surface area contributed by atoms with Crippen molar-refractivity contribution in [1.29, 1.82) is 0 Å². The molecule has 0 aliphatic carbocycles. The molecule has 0 aromatic heterocycles. The maximum atomic E-state index is 10.8. The van der Waals surface area contributed by atoms with Gasteiger partial charge in [-0.05, 0) is 41.8 Å². The number of nitrogens with one attached hydrogen (secondary N) is 2. The number of carbonyl (C=O) groups is 2. The van der Waals surface area contributed by atoms with Crippen molar-refractivity contribution >= 4 is 36.9 Å². The summed E-state index contributed by atoms with van der Waals surface area (Å²) in [5.74, 6) is -3.37. The van der Waals surface area contributed by atoms with Gasteiger partial charge in [-0.25, -0.2) is 4.79 Å². The number of amides is 1. The highest BCUT2D eigenvalue weighted by Gasteiger charge is 2.38. The van der Waals surface area contributed by atoms with Crippen LogP contribution < -0.4 is 10.6 Å². The zero-order valence-electron chi connectivity index (χ0n) is 16.6. The lowest BCUT2D eigenvalue weighted by Gasteiger charge is -2.19. The third-order valence-corrected chi connectivity index (χ3v) is 4.23. The molecule has 32 heavy (non-hydrogen) atoms. The Kier molecular flexibility index (Phi) is 11.2. The standard InChI is InChI=1S/C18H20BClN2O3.C2HF3O2/c19-18(25)22-15-6-4-12(5-7-15)8-16(11-23)21-10-17(24)13-2-1-3-14(20)9-13;3-2(4,5)1(6)7/h1-7,9,16-17,21,23-24H,8,10-11H2,(H,22,25);(H,6,7)/t16-,17-;/m0./s1. The number of carboxylic acid groups (broad SMARTS) is 1. The van der Waals surface area contributed by atoms with Gasteiger partial charge in [-0.15, -0.1) is 0 Å². The number of anilines is 1. The van der Waals surface area contributed by atoms with Crippen molar-refractivity contribution in [2.24, 2.45) is 0 Å². The molecule has 2 aromatic rings. The molecule has 0 spiro atoms. The fourth-order valence-electron chi connectivity index (χ4n) is 2.46. The summed E-state index contributed by atoms with van der Waals surface area (Å²) >= 11 is 5.92. The van der Waals surface area contributed by atoms with Gasteiger partial charge in [-0.2, -0.15) is 13.2 Å². The van der Waals surface area contributed by atoms with E-state index in [1.165, 1.54) is 0 Å². The number of hydrogen-bond donors (Lipinski definition) is 5. The number of halogens is 4. The first kappa shape index (κ1) is 27.4. The first-order valence-electron chi connectivity index (χ1n) is 9.15. The maximum absolute atomic E-state index is 10.8. The zero-order chi connectivity index (χ0) is 24.3. The highest BCUT2D eigenvalue weighted by atomic mass is 35.5. The molecule has 2 atom stereocenters. The third-order valence-electron chi connectivity index (χ3n) is 4.00. The van der Waals surface area contributed by atoms with E-state index < -0.39 is 24.1 Å². The van der Waals surface area contributed by atoms with Crippen LogP contribution in [0, 0.1) is 0 Å². The Balaban J connectivity index is 0.000000633. The van der Waals surface area contributed by atoms with Gasteiger partial charge in [0.05, 0.1) is 12.7 Å². The number of hydrogen-bond acceptors (Lipinski definition) is 5. The van der Waals surface area contributed by atoms with Crippen molar-refractivity contribution in [2.45, 2.75) is 24.7 Å². The van der Waals surface area contributed by atoms with Crippen LogP contribution in [0.5, 0.6) is 0 Å². The van der Waals surface area contributed by atoms with Crippen LogP contribution in [0.3, 0.4) is 0 Å². The summed E-state index contributed by atoms with van der Waals surface area (Å²) in [6, 6.07) is 14.0. The van der Waals surface area contributed by atoms with Gasteiger partial charge >= 0.3 is 12.1 Å². The molecule has 7 nitrogen and oxygen atoms in total. The van der Waals surface area contributed by atoms with E-state index in [0.717, 1.165) is 11.1 Å². The van der Waals surface area contributed by atoms with Crippen molar-refractivity contribution in [3.8, 4) is 0 Å². The molecule has 2 aromatic carbocycles. The molecule has 0 saturated carbocycles. The van der Waals surface area contributed by atoms with Crippen molar-refractivity contribution in [3.05, 3.63) is 64.7 Å². The van der Waals surface area contributed by atoms with Crippen LogP contribution >= 0.6 is 11.6 Å². The van der Waals surface area contributed by atoms with E-state index in [1.54, 1.807) is 36.4 Å². The van der Waals surface area contributed by atoms with E-state index in [4.69, 9.17) is 29.3 Å². The van der Waals surface area contributed by atoms with Crippen molar-refractivity contribution in [2.75, 3.05) is 18.5 Å². The van der Waals surface area contributed by atoms with Crippen molar-refractivity contribution < 1.29 is 38.1 Å². The lowest BCUT2D eigenvalue weighted by atomic mass is 10.0. The van der Waals surface area contributed by atoms with Crippen LogP contribution in [0.15, 0.2) is 48.5 Å². The van der Waals surface area contributed by atoms with Gasteiger partial charge in [-0.3, -0.25) is 4.79 Å². The summed E-state index contributed by atoms with van der Waals surface area (Å²) in [6.07, 6.45) is -5.22. The van der Waals surface area contributed by atoms with E-state index in [1.807, 2.05) is 12.1 Å². The number of aliphatic hydroxyl groups excluding tert-OH is 2. The fourth-order valence-corrected chi connectivity index (χ4v) is 2.66. The number of aliphatic carboxylic acids is 1. The maximum Gasteiger partial charge on any atom is 0.490 e. The van der Waals surface area contributed by atoms with E-state index in [2.05, 4.69) is 10.6 Å². The molecule has 0 fully saturated rings. The molecular formula is C20H21BClF3N2O5. The molecule has 2 rings (SSSR count). The van der Waals surface area contributed by atoms with Crippen molar-refractivity contribution in [1.82, 2.24) is 5.32 Å². The summed E-state index contributed by atoms with van der Waals surface area (Å²) in [4.78, 5) is 19.7. The number of rotatable bonds is 8. The monoisotopic (exact) mass is 472 g/mol. The minimum Gasteiger partial charge on any atom is -0.475 e. The Hall–Kier alpha value is -2.60. The van der Waals surface area contributed by atoms with Crippen molar-refractivity contribution in [3.63, 3.8) is 0 Å². The molecule has 0 aliphatic rings. The number of aliphatic hydroxyl groups is 2. The van der Waals surface area contributed by atoms with Gasteiger partial charge in [0.1, 0.15) is 0 Å². The average molecular weight is 473 g/mol. The minimum absolute atomic E-state index is 0.0659. The second-order valence-electron chi connectivity index (χ2n) is 6.55. The highest BCUT2D eigenvalue weighted by molar-refractivity contribution is 6.60. The number of alkyl halides is 3. The normalized spacial score (nSPS) is 12.8. The number of benzene rings is 2. The van der Waals surface area contributed by atoms with Crippen LogP contribution in [0.1, 0.15) is 17.2 Å². The molecule has 2 radical (unpaired) electrons. The van der Waals surface area contributed by atoms with E-state index >= 15 is 0 Å². The van der Waals surface area contributed by atoms with Crippen LogP contribution in [0.4, 0.5) is 23.7 Å². The Morgan fingerprint density at radius 3 is 2.19 bits per heavy atom. The third kappa shape index (κ3) is 10.6. The molecule has 172 valence electrons. The van der Waals surface area contributed by atoms with Crippen LogP contribution in [-0.4, -0.2) is 60.3 Å². The summed E-state index contributed by atoms with van der Waals surface area (Å²) in [7, 11) is 5.06. The molecule has 0 heterocycles. The SMILES string of the molecule is O=C(O)C(F)(F)F.[B]C(=O)Nc1ccc(C[C@@H](CO)NC[C@H](O)c2cccc(Cl)c2)cc1. The Morgan fingerprint density at radius 1 is 1.12 bits per heavy atom. The van der Waals surface area contributed by atoms with Gasteiger partial charge in [0, 0.05) is 23.3 Å². The number of carbonyl (C=O) groups excluding carboxylic acids is 1. The van der Waals surface area contributed by atoms with E-state index in [0.29, 0.717) is 23.7 Å². The van der Waals surface area contributed by atoms with Crippen LogP contribution in [0.2, 0.25) is 5.02 Å². The minimum atomic E-state index is -5.08. The largest absolute Gasteiger partial charge is 0.490 e. The van der Waals surface area contributed by atoms with Gasteiger partial charge in [-0.1, -0.05) is 35.9 Å². The summed E-state index contributed by atoms with van der Waals surface area (Å²) < 4.78 is 31.7. The second kappa shape index (κ2) is 13.1. The fraction of sp³-hybridized carbons (Fsp3) is 0.300. The zero-order valence-corrected chi connectivity index (χ0v) is 17.4. The lowest BCUT2D eigenvalue weighted by Crippen LogP contribution is -2.37. The molecule has 0 saturated heterocycles. The quantitative estimate of drug-likeness (QED) is 0.377. The molecule has 0 aliphatic heterocycles. The molecule has 12 heteroatoms. The predicted molar refractivity (Wildman–Crippen MR) is 114 cm³/mol. The topological polar surface area (TPSA) is 119 Å². The second-order valence-corrected chi connectivity index (χ2v) is 6.99. The Morgan fingerprint density at radius 2 is 1.72 bits per heavy atom. The molecule has 5 N–H and O–H groups in total. The van der Waals surface area contributed by atoms with Gasteiger partial charge in [0.15, 0.2) is 5.81 Å². The van der Waals surface area contributed by atoms with Crippen LogP contribution in [-0.2, 0) is 11.2 Å². The molecule has 0 unspecified atom stereocenters. The lowest BCUT2D eigenvalue weighted by molar-refractivity contribution is -0.192. The van der Waals surface area contributed by atoms with Gasteiger partial charge < -0.3 is 26.0 Å². The first-order chi connectivity index (χ1) is 14.9. The van der Waals surface area contributed by atoms with E-state index in [-0.39, 0.29) is 12.6 Å². The Labute approximate surface area is 188 Å². The smallest absolute Gasteiger partial charge is 0.475 e. The number of carboxylic acids is 1. The Bertz CT molecular complexity index is 884. The van der Waals surface area contributed by atoms with Gasteiger partial charge in [0.25, 0.3) is 0 Å². The highest BCUT2D eigenvalue weighted by Crippen LogP contribution is 2.17. The average Bonchev–Trinajstić information content (AvgIpc) is 2.71. The first-order valence-corrected chi connectivity index (χ1v) is 9.53. The predicted octanol–water partition coefficient (Wildman–Crippen LogP) is 2.90. The van der Waals surface area contributed by atoms with Gasteiger partial charge in [0.2, 0.25) is 7.85 Å².